The van der Waals surface area contributed by atoms with Crippen molar-refractivity contribution in [1.82, 2.24) is 10.0 Å². The summed E-state index contributed by atoms with van der Waals surface area (Å²) in [6, 6.07) is 10.8. The van der Waals surface area contributed by atoms with Crippen LogP contribution in [0.25, 0.3) is 0 Å². The molecule has 0 aliphatic rings. The number of hydrogen-bond donors (Lipinski definition) is 3. The van der Waals surface area contributed by atoms with E-state index in [-0.39, 0.29) is 17.9 Å². The largest absolute Gasteiger partial charge is 0.573 e. The maximum atomic E-state index is 12.2. The predicted molar refractivity (Wildman–Crippen MR) is 99.5 cm³/mol. The van der Waals surface area contributed by atoms with Crippen LogP contribution in [0.15, 0.2) is 59.5 Å². The van der Waals surface area contributed by atoms with E-state index in [2.05, 4.69) is 14.8 Å². The monoisotopic (exact) mass is 445 g/mol. The van der Waals surface area contributed by atoms with Crippen molar-refractivity contribution in [2.75, 3.05) is 6.54 Å². The number of carbonyl (C=O) groups excluding carboxylic acids is 2. The van der Waals surface area contributed by atoms with Gasteiger partial charge in [-0.25, -0.2) is 13.1 Å². The third-order valence-electron chi connectivity index (χ3n) is 3.73. The van der Waals surface area contributed by atoms with Crippen LogP contribution in [0.4, 0.5) is 13.2 Å². The molecule has 2 rings (SSSR count). The summed E-state index contributed by atoms with van der Waals surface area (Å²) in [6.45, 7) is -0.310. The van der Waals surface area contributed by atoms with Gasteiger partial charge >= 0.3 is 6.36 Å². The Morgan fingerprint density at radius 2 is 1.63 bits per heavy atom. The number of primary amides is 1. The van der Waals surface area contributed by atoms with E-state index in [0.717, 1.165) is 24.3 Å². The number of amides is 2. The molecule has 0 fully saturated rings. The van der Waals surface area contributed by atoms with Crippen molar-refractivity contribution in [3.8, 4) is 5.75 Å². The van der Waals surface area contributed by atoms with E-state index in [1.807, 2.05) is 0 Å². The number of halogens is 3. The number of carbonyl (C=O) groups is 2. The van der Waals surface area contributed by atoms with Gasteiger partial charge in [-0.15, -0.1) is 13.2 Å². The Bertz CT molecular complexity index is 980. The Hall–Kier alpha value is -3.12. The fraction of sp³-hybridized carbons (Fsp3) is 0.222. The molecule has 12 heteroatoms. The molecule has 4 N–H and O–H groups in total. The second-order valence-electron chi connectivity index (χ2n) is 5.98. The number of nitrogens with two attached hydrogens (primary N) is 1. The van der Waals surface area contributed by atoms with Crippen molar-refractivity contribution in [3.63, 3.8) is 0 Å². The van der Waals surface area contributed by atoms with Crippen molar-refractivity contribution in [3.05, 3.63) is 60.2 Å². The summed E-state index contributed by atoms with van der Waals surface area (Å²) in [6.07, 6.45) is -5.19. The maximum absolute atomic E-state index is 12.2. The highest BCUT2D eigenvalue weighted by Gasteiger charge is 2.31. The summed E-state index contributed by atoms with van der Waals surface area (Å²) < 4.78 is 66.6. The van der Waals surface area contributed by atoms with Gasteiger partial charge in [0.05, 0.1) is 4.90 Å². The zero-order chi connectivity index (χ0) is 22.4. The van der Waals surface area contributed by atoms with E-state index in [1.54, 1.807) is 30.3 Å². The Kier molecular flexibility index (Phi) is 7.40. The van der Waals surface area contributed by atoms with Crippen LogP contribution in [0.5, 0.6) is 5.75 Å². The van der Waals surface area contributed by atoms with Gasteiger partial charge in [0, 0.05) is 13.0 Å². The number of rotatable bonds is 9. The summed E-state index contributed by atoms with van der Waals surface area (Å²) in [5.74, 6) is -1.98. The molecule has 2 amide bonds. The summed E-state index contributed by atoms with van der Waals surface area (Å²) in [7, 11) is -4.07. The molecular weight excluding hydrogens is 427 g/mol. The van der Waals surface area contributed by atoms with E-state index < -0.39 is 40.0 Å². The van der Waals surface area contributed by atoms with Crippen LogP contribution in [0, 0.1) is 0 Å². The minimum absolute atomic E-state index is 0.300. The normalized spacial score (nSPS) is 12.8. The summed E-state index contributed by atoms with van der Waals surface area (Å²) in [5, 5.41) is 2.42. The lowest BCUT2D eigenvalue weighted by atomic mass is 10.1. The Morgan fingerprint density at radius 1 is 1.03 bits per heavy atom. The number of hydrogen-bond acceptors (Lipinski definition) is 5. The van der Waals surface area contributed by atoms with Crippen molar-refractivity contribution in [2.24, 2.45) is 5.73 Å². The van der Waals surface area contributed by atoms with Crippen molar-refractivity contribution < 1.29 is 35.9 Å². The average Bonchev–Trinajstić information content (AvgIpc) is 2.65. The lowest BCUT2D eigenvalue weighted by Gasteiger charge is -2.16. The minimum atomic E-state index is -4.89. The van der Waals surface area contributed by atoms with Gasteiger partial charge in [0.15, 0.2) is 0 Å². The molecule has 0 saturated carbocycles. The number of nitrogens with one attached hydrogen (secondary N) is 2. The minimum Gasteiger partial charge on any atom is -0.406 e. The molecule has 0 aromatic heterocycles. The van der Waals surface area contributed by atoms with Crippen LogP contribution in [-0.2, 0) is 19.6 Å². The first kappa shape index (κ1) is 23.2. The highest BCUT2D eigenvalue weighted by Crippen LogP contribution is 2.23. The van der Waals surface area contributed by atoms with E-state index >= 15 is 0 Å². The second kappa shape index (κ2) is 9.59. The lowest BCUT2D eigenvalue weighted by molar-refractivity contribution is -0.274. The van der Waals surface area contributed by atoms with E-state index in [0.29, 0.717) is 5.56 Å². The van der Waals surface area contributed by atoms with Crippen molar-refractivity contribution in [1.29, 1.82) is 0 Å². The zero-order valence-corrected chi connectivity index (χ0v) is 16.2. The van der Waals surface area contributed by atoms with Crippen LogP contribution in [0.2, 0.25) is 0 Å². The van der Waals surface area contributed by atoms with Gasteiger partial charge in [-0.2, -0.15) is 0 Å². The van der Waals surface area contributed by atoms with Gasteiger partial charge in [-0.1, -0.05) is 30.3 Å². The quantitative estimate of drug-likeness (QED) is 0.540. The summed E-state index contributed by atoms with van der Waals surface area (Å²) in [5.41, 5.74) is 5.77. The molecule has 1 unspecified atom stereocenters. The van der Waals surface area contributed by atoms with Crippen LogP contribution >= 0.6 is 0 Å². The number of benzene rings is 2. The second-order valence-corrected chi connectivity index (χ2v) is 7.75. The maximum Gasteiger partial charge on any atom is 0.573 e. The van der Waals surface area contributed by atoms with Gasteiger partial charge in [0.25, 0.3) is 0 Å². The SMILES string of the molecule is NC(=O)C(NC(=O)CCNS(=O)(=O)c1ccc(OC(F)(F)F)cc1)c1ccccc1. The molecule has 0 heterocycles. The first-order chi connectivity index (χ1) is 14.0. The van der Waals surface area contributed by atoms with Crippen molar-refractivity contribution >= 4 is 21.8 Å². The van der Waals surface area contributed by atoms with Gasteiger partial charge in [-0.3, -0.25) is 9.59 Å². The molecule has 1 atom stereocenters. The fourth-order valence-corrected chi connectivity index (χ4v) is 3.43. The molecule has 2 aromatic rings. The molecule has 0 bridgehead atoms. The highest BCUT2D eigenvalue weighted by atomic mass is 32.2. The van der Waals surface area contributed by atoms with Crippen molar-refractivity contribution in [2.45, 2.75) is 23.7 Å². The third kappa shape index (κ3) is 7.04. The number of ether oxygens (including phenoxy) is 1. The number of sulfonamides is 1. The van der Waals surface area contributed by atoms with Crippen LogP contribution < -0.4 is 20.5 Å². The van der Waals surface area contributed by atoms with Crippen LogP contribution in [-0.4, -0.2) is 33.1 Å². The highest BCUT2D eigenvalue weighted by molar-refractivity contribution is 7.89. The third-order valence-corrected chi connectivity index (χ3v) is 5.21. The molecule has 2 aromatic carbocycles. The van der Waals surface area contributed by atoms with Crippen LogP contribution in [0.1, 0.15) is 18.0 Å². The van der Waals surface area contributed by atoms with Crippen LogP contribution in [0.3, 0.4) is 0 Å². The standard InChI is InChI=1S/C18H18F3N3O5S/c19-18(20,21)29-13-6-8-14(9-7-13)30(27,28)23-11-10-15(25)24-16(17(22)26)12-4-2-1-3-5-12/h1-9,16,23H,10-11H2,(H2,22,26)(H,24,25). The van der Waals surface area contributed by atoms with Gasteiger partial charge in [0.2, 0.25) is 21.8 Å². The van der Waals surface area contributed by atoms with E-state index in [4.69, 9.17) is 5.73 Å². The van der Waals surface area contributed by atoms with Gasteiger partial charge in [0.1, 0.15) is 11.8 Å². The number of alkyl halides is 3. The molecule has 8 nitrogen and oxygen atoms in total. The first-order valence-electron chi connectivity index (χ1n) is 8.47. The molecule has 0 aliphatic carbocycles. The Balaban J connectivity index is 1.91. The predicted octanol–water partition coefficient (Wildman–Crippen LogP) is 1.60. The van der Waals surface area contributed by atoms with Gasteiger partial charge < -0.3 is 15.8 Å². The van der Waals surface area contributed by atoms with E-state index in [1.165, 1.54) is 0 Å². The smallest absolute Gasteiger partial charge is 0.406 e. The van der Waals surface area contributed by atoms with E-state index in [9.17, 15) is 31.2 Å². The van der Waals surface area contributed by atoms with Gasteiger partial charge in [-0.05, 0) is 29.8 Å². The summed E-state index contributed by atoms with van der Waals surface area (Å²) >= 11 is 0. The molecule has 0 aliphatic heterocycles. The zero-order valence-electron chi connectivity index (χ0n) is 15.3. The molecule has 30 heavy (non-hydrogen) atoms. The molecular formula is C18H18F3N3O5S. The molecule has 0 saturated heterocycles. The average molecular weight is 445 g/mol. The summed E-state index contributed by atoms with van der Waals surface area (Å²) in [4.78, 5) is 23.3. The first-order valence-corrected chi connectivity index (χ1v) is 9.95. The fourth-order valence-electron chi connectivity index (χ4n) is 2.40. The Morgan fingerprint density at radius 3 is 2.17 bits per heavy atom. The Labute approximate surface area is 170 Å². The molecule has 0 radical (unpaired) electrons. The molecule has 0 spiro atoms. The topological polar surface area (TPSA) is 128 Å². The molecule has 162 valence electrons. The lowest BCUT2D eigenvalue weighted by Crippen LogP contribution is -2.39.